The molecule has 2 aromatic rings. The Morgan fingerprint density at radius 3 is 2.24 bits per heavy atom. The molecule has 136 valence electrons. The molecule has 2 unspecified atom stereocenters. The topological polar surface area (TPSA) is 50.7 Å². The Morgan fingerprint density at radius 2 is 1.64 bits per heavy atom. The van der Waals surface area contributed by atoms with Crippen LogP contribution in [0.5, 0.6) is 11.5 Å². The highest BCUT2D eigenvalue weighted by Gasteiger charge is 2.14. The normalized spacial score (nSPS) is 13.6. The second-order valence-corrected chi connectivity index (χ2v) is 6.27. The summed E-state index contributed by atoms with van der Waals surface area (Å²) in [5.74, 6) is 1.08. The fraction of sp³-hybridized carbons (Fsp3) is 0.400. The van der Waals surface area contributed by atoms with E-state index in [4.69, 9.17) is 9.47 Å². The smallest absolute Gasteiger partial charge is 0.161 e. The molecule has 0 aromatic heterocycles. The Bertz CT molecular complexity index is 673. The van der Waals surface area contributed by atoms with Gasteiger partial charge in [0.1, 0.15) is 5.82 Å². The highest BCUT2D eigenvalue weighted by molar-refractivity contribution is 5.44. The van der Waals surface area contributed by atoms with Crippen LogP contribution in [-0.2, 0) is 0 Å². The number of nitrogens with one attached hydrogen (secondary N) is 1. The molecule has 0 saturated heterocycles. The monoisotopic (exact) mass is 347 g/mol. The fourth-order valence-corrected chi connectivity index (χ4v) is 2.51. The highest BCUT2D eigenvalue weighted by atomic mass is 19.1. The molecule has 0 aliphatic rings. The van der Waals surface area contributed by atoms with Gasteiger partial charge in [-0.1, -0.05) is 18.2 Å². The van der Waals surface area contributed by atoms with Crippen LogP contribution in [0.4, 0.5) is 4.39 Å². The highest BCUT2D eigenvalue weighted by Crippen LogP contribution is 2.31. The van der Waals surface area contributed by atoms with Gasteiger partial charge >= 0.3 is 0 Å². The van der Waals surface area contributed by atoms with Gasteiger partial charge in [0.05, 0.1) is 19.3 Å². The van der Waals surface area contributed by atoms with Crippen LogP contribution in [0.1, 0.15) is 44.0 Å². The van der Waals surface area contributed by atoms with Gasteiger partial charge < -0.3 is 19.9 Å². The summed E-state index contributed by atoms with van der Waals surface area (Å²) < 4.78 is 24.1. The van der Waals surface area contributed by atoms with Crippen molar-refractivity contribution in [3.8, 4) is 11.5 Å². The first kappa shape index (κ1) is 19.2. The van der Waals surface area contributed by atoms with Crippen molar-refractivity contribution in [2.75, 3.05) is 13.7 Å². The molecule has 5 heteroatoms. The van der Waals surface area contributed by atoms with E-state index in [1.165, 1.54) is 12.1 Å². The Hall–Kier alpha value is -2.11. The zero-order valence-electron chi connectivity index (χ0n) is 15.1. The van der Waals surface area contributed by atoms with Crippen LogP contribution in [0.3, 0.4) is 0 Å². The van der Waals surface area contributed by atoms with Gasteiger partial charge in [0.15, 0.2) is 11.5 Å². The molecular weight excluding hydrogens is 321 g/mol. The zero-order valence-corrected chi connectivity index (χ0v) is 15.1. The van der Waals surface area contributed by atoms with Crippen LogP contribution in [0.15, 0.2) is 42.5 Å². The molecule has 2 aromatic carbocycles. The predicted octanol–water partition coefficient (Wildman–Crippen LogP) is 4.01. The maximum atomic E-state index is 12.9. The first-order valence-electron chi connectivity index (χ1n) is 8.42. The maximum Gasteiger partial charge on any atom is 0.161 e. The number of methoxy groups -OCH3 is 1. The quantitative estimate of drug-likeness (QED) is 0.758. The average Bonchev–Trinajstić information content (AvgIpc) is 2.59. The van der Waals surface area contributed by atoms with E-state index < -0.39 is 6.10 Å². The summed E-state index contributed by atoms with van der Waals surface area (Å²) in [5, 5.41) is 13.5. The summed E-state index contributed by atoms with van der Waals surface area (Å²) in [7, 11) is 1.61. The molecule has 0 aliphatic carbocycles. The van der Waals surface area contributed by atoms with E-state index in [-0.39, 0.29) is 18.0 Å². The lowest BCUT2D eigenvalue weighted by molar-refractivity contribution is 0.170. The summed E-state index contributed by atoms with van der Waals surface area (Å²) >= 11 is 0. The standard InChI is InChI=1S/C20H26FNO3/c1-13(2)25-19-10-7-16(11-20(19)24-4)14(3)22-12-18(23)15-5-8-17(21)9-6-15/h5-11,13-14,18,22-23H,12H2,1-4H3. The predicted molar refractivity (Wildman–Crippen MR) is 96.5 cm³/mol. The Morgan fingerprint density at radius 1 is 1.00 bits per heavy atom. The number of halogens is 1. The van der Waals surface area contributed by atoms with E-state index >= 15 is 0 Å². The van der Waals surface area contributed by atoms with Crippen molar-refractivity contribution < 1.29 is 19.0 Å². The minimum absolute atomic E-state index is 0.0112. The lowest BCUT2D eigenvalue weighted by Gasteiger charge is -2.20. The second-order valence-electron chi connectivity index (χ2n) is 6.27. The van der Waals surface area contributed by atoms with E-state index in [0.29, 0.717) is 23.6 Å². The largest absolute Gasteiger partial charge is 0.493 e. The van der Waals surface area contributed by atoms with Crippen LogP contribution >= 0.6 is 0 Å². The molecule has 0 radical (unpaired) electrons. The van der Waals surface area contributed by atoms with Gasteiger partial charge in [0.25, 0.3) is 0 Å². The van der Waals surface area contributed by atoms with Crippen molar-refractivity contribution in [3.05, 3.63) is 59.4 Å². The summed E-state index contributed by atoms with van der Waals surface area (Å²) in [6, 6.07) is 11.7. The van der Waals surface area contributed by atoms with Crippen LogP contribution in [0.2, 0.25) is 0 Å². The van der Waals surface area contributed by atoms with Crippen LogP contribution in [0.25, 0.3) is 0 Å². The van der Waals surface area contributed by atoms with Gasteiger partial charge in [-0.25, -0.2) is 4.39 Å². The molecule has 0 aliphatic heterocycles. The molecule has 25 heavy (non-hydrogen) atoms. The molecule has 2 rings (SSSR count). The minimum Gasteiger partial charge on any atom is -0.493 e. The van der Waals surface area contributed by atoms with Crippen molar-refractivity contribution in [2.24, 2.45) is 0 Å². The van der Waals surface area contributed by atoms with Crippen LogP contribution < -0.4 is 14.8 Å². The van der Waals surface area contributed by atoms with Crippen molar-refractivity contribution in [1.82, 2.24) is 5.32 Å². The van der Waals surface area contributed by atoms with Crippen molar-refractivity contribution in [1.29, 1.82) is 0 Å². The average molecular weight is 347 g/mol. The molecule has 0 bridgehead atoms. The van der Waals surface area contributed by atoms with E-state index in [1.807, 2.05) is 39.0 Å². The number of ether oxygens (including phenoxy) is 2. The lowest BCUT2D eigenvalue weighted by Crippen LogP contribution is -2.24. The zero-order chi connectivity index (χ0) is 18.4. The molecule has 0 fully saturated rings. The van der Waals surface area contributed by atoms with Gasteiger partial charge in [-0.05, 0) is 56.2 Å². The van der Waals surface area contributed by atoms with Gasteiger partial charge in [0, 0.05) is 12.6 Å². The van der Waals surface area contributed by atoms with Gasteiger partial charge in [-0.2, -0.15) is 0 Å². The number of aliphatic hydroxyl groups excluding tert-OH is 1. The Labute approximate surface area is 148 Å². The molecule has 0 amide bonds. The first-order chi connectivity index (χ1) is 11.9. The van der Waals surface area contributed by atoms with E-state index in [0.717, 1.165) is 5.56 Å². The van der Waals surface area contributed by atoms with Gasteiger partial charge in [0.2, 0.25) is 0 Å². The third-order valence-electron chi connectivity index (χ3n) is 3.92. The number of hydrogen-bond donors (Lipinski definition) is 2. The van der Waals surface area contributed by atoms with Crippen LogP contribution in [0, 0.1) is 5.82 Å². The molecule has 0 heterocycles. The van der Waals surface area contributed by atoms with Crippen molar-refractivity contribution >= 4 is 0 Å². The molecule has 2 atom stereocenters. The first-order valence-corrected chi connectivity index (χ1v) is 8.42. The number of rotatable bonds is 8. The molecular formula is C20H26FNO3. The van der Waals surface area contributed by atoms with E-state index in [1.54, 1.807) is 19.2 Å². The minimum atomic E-state index is -0.700. The molecule has 0 saturated carbocycles. The fourth-order valence-electron chi connectivity index (χ4n) is 2.51. The van der Waals surface area contributed by atoms with Crippen molar-refractivity contribution in [3.63, 3.8) is 0 Å². The molecule has 4 nitrogen and oxygen atoms in total. The summed E-state index contributed by atoms with van der Waals surface area (Å²) in [5.41, 5.74) is 1.71. The third-order valence-corrected chi connectivity index (χ3v) is 3.92. The van der Waals surface area contributed by atoms with Crippen molar-refractivity contribution in [2.45, 2.75) is 39.0 Å². The lowest BCUT2D eigenvalue weighted by atomic mass is 10.1. The molecule has 0 spiro atoms. The molecule has 2 N–H and O–H groups in total. The summed E-state index contributed by atoms with van der Waals surface area (Å²) in [6.45, 7) is 6.30. The maximum absolute atomic E-state index is 12.9. The van der Waals surface area contributed by atoms with Gasteiger partial charge in [-0.3, -0.25) is 0 Å². The summed E-state index contributed by atoms with van der Waals surface area (Å²) in [4.78, 5) is 0. The number of benzene rings is 2. The SMILES string of the molecule is COc1cc(C(C)NCC(O)c2ccc(F)cc2)ccc1OC(C)C. The number of aliphatic hydroxyl groups is 1. The second kappa shape index (κ2) is 8.83. The number of hydrogen-bond acceptors (Lipinski definition) is 4. The third kappa shape index (κ3) is 5.44. The van der Waals surface area contributed by atoms with Gasteiger partial charge in [-0.15, -0.1) is 0 Å². The van der Waals surface area contributed by atoms with E-state index in [9.17, 15) is 9.50 Å². The Balaban J connectivity index is 2.00. The van der Waals surface area contributed by atoms with E-state index in [2.05, 4.69) is 5.32 Å². The Kier molecular flexibility index (Phi) is 6.79. The van der Waals surface area contributed by atoms with Crippen LogP contribution in [-0.4, -0.2) is 24.9 Å². The summed E-state index contributed by atoms with van der Waals surface area (Å²) in [6.07, 6.45) is -0.630.